The predicted molar refractivity (Wildman–Crippen MR) is 89.3 cm³/mol. The van der Waals surface area contributed by atoms with Crippen LogP contribution in [0.4, 0.5) is 0 Å². The van der Waals surface area contributed by atoms with E-state index in [1.807, 2.05) is 0 Å². The second-order valence-electron chi connectivity index (χ2n) is 6.99. The monoisotopic (exact) mass is 289 g/mol. The van der Waals surface area contributed by atoms with Gasteiger partial charge in [-0.3, -0.25) is 0 Å². The quantitative estimate of drug-likeness (QED) is 0.803. The molecule has 0 aromatic heterocycles. The van der Waals surface area contributed by atoms with Crippen LogP contribution in [0.15, 0.2) is 24.3 Å². The predicted octanol–water partition coefficient (Wildman–Crippen LogP) is 4.48. The van der Waals surface area contributed by atoms with Crippen LogP contribution in [0.1, 0.15) is 63.1 Å². The molecule has 1 aliphatic rings. The molecule has 0 spiro atoms. The molecule has 1 aromatic rings. The van der Waals surface area contributed by atoms with E-state index in [2.05, 4.69) is 38.1 Å². The summed E-state index contributed by atoms with van der Waals surface area (Å²) >= 11 is 0. The molecule has 2 N–H and O–H groups in total. The molecule has 1 fully saturated rings. The van der Waals surface area contributed by atoms with E-state index < -0.39 is 0 Å². The summed E-state index contributed by atoms with van der Waals surface area (Å²) in [5.74, 6) is 1.46. The fraction of sp³-hybridized carbons (Fsp3) is 0.684. The van der Waals surface area contributed by atoms with Gasteiger partial charge < -0.3 is 10.5 Å². The van der Waals surface area contributed by atoms with Crippen molar-refractivity contribution in [3.63, 3.8) is 0 Å². The normalized spacial score (nSPS) is 18.1. The molecule has 2 nitrogen and oxygen atoms in total. The van der Waals surface area contributed by atoms with Crippen molar-refractivity contribution >= 4 is 0 Å². The summed E-state index contributed by atoms with van der Waals surface area (Å²) in [6.45, 7) is 6.02. The van der Waals surface area contributed by atoms with Gasteiger partial charge in [-0.25, -0.2) is 0 Å². The zero-order valence-electron chi connectivity index (χ0n) is 13.7. The number of benzene rings is 1. The maximum absolute atomic E-state index is 6.24. The Morgan fingerprint density at radius 2 is 1.76 bits per heavy atom. The first kappa shape index (κ1) is 16.5. The largest absolute Gasteiger partial charge is 0.379 e. The van der Waals surface area contributed by atoms with Crippen molar-refractivity contribution in [2.45, 2.75) is 58.4 Å². The maximum atomic E-state index is 6.24. The first-order valence-electron chi connectivity index (χ1n) is 8.57. The van der Waals surface area contributed by atoms with Crippen LogP contribution in [0.3, 0.4) is 0 Å². The minimum Gasteiger partial charge on any atom is -0.379 e. The topological polar surface area (TPSA) is 35.2 Å². The summed E-state index contributed by atoms with van der Waals surface area (Å²) in [7, 11) is 0. The van der Waals surface area contributed by atoms with E-state index >= 15 is 0 Å². The standard InChI is InChI=1S/C19H31NO/c1-15(2)12-16-8-10-18(11-9-16)19(20)14-21-13-17-6-4-3-5-7-17/h8-11,15,17,19H,3-7,12-14,20H2,1-2H3. The molecule has 0 aliphatic heterocycles. The average Bonchev–Trinajstić information content (AvgIpc) is 2.48. The lowest BCUT2D eigenvalue weighted by Gasteiger charge is -2.22. The van der Waals surface area contributed by atoms with Crippen molar-refractivity contribution in [1.82, 2.24) is 0 Å². The van der Waals surface area contributed by atoms with Gasteiger partial charge in [0.1, 0.15) is 0 Å². The van der Waals surface area contributed by atoms with Gasteiger partial charge in [-0.15, -0.1) is 0 Å². The molecule has 0 heterocycles. The number of hydrogen-bond donors (Lipinski definition) is 1. The van der Waals surface area contributed by atoms with Gasteiger partial charge in [-0.1, -0.05) is 57.4 Å². The zero-order valence-corrected chi connectivity index (χ0v) is 13.7. The van der Waals surface area contributed by atoms with Crippen molar-refractivity contribution in [2.75, 3.05) is 13.2 Å². The van der Waals surface area contributed by atoms with Gasteiger partial charge in [-0.2, -0.15) is 0 Å². The molecule has 1 saturated carbocycles. The van der Waals surface area contributed by atoms with Crippen LogP contribution in [0.2, 0.25) is 0 Å². The summed E-state index contributed by atoms with van der Waals surface area (Å²) in [5, 5.41) is 0. The minimum absolute atomic E-state index is 0.00157. The summed E-state index contributed by atoms with van der Waals surface area (Å²) in [6.07, 6.45) is 7.94. The zero-order chi connectivity index (χ0) is 15.1. The molecular weight excluding hydrogens is 258 g/mol. The Bertz CT molecular complexity index is 393. The third-order valence-corrected chi connectivity index (χ3v) is 4.43. The Kier molecular flexibility index (Phi) is 6.72. The Labute approximate surface area is 130 Å². The maximum Gasteiger partial charge on any atom is 0.0659 e. The lowest BCUT2D eigenvalue weighted by Crippen LogP contribution is -2.20. The molecule has 118 valence electrons. The lowest BCUT2D eigenvalue weighted by molar-refractivity contribution is 0.0759. The van der Waals surface area contributed by atoms with E-state index in [-0.39, 0.29) is 6.04 Å². The molecule has 0 bridgehead atoms. The van der Waals surface area contributed by atoms with Gasteiger partial charge in [0, 0.05) is 6.61 Å². The average molecular weight is 289 g/mol. The lowest BCUT2D eigenvalue weighted by atomic mass is 9.90. The smallest absolute Gasteiger partial charge is 0.0659 e. The van der Waals surface area contributed by atoms with Gasteiger partial charge in [0.25, 0.3) is 0 Å². The van der Waals surface area contributed by atoms with E-state index in [9.17, 15) is 0 Å². The Balaban J connectivity index is 1.73. The summed E-state index contributed by atoms with van der Waals surface area (Å²) in [4.78, 5) is 0. The molecule has 1 aromatic carbocycles. The van der Waals surface area contributed by atoms with Crippen molar-refractivity contribution < 1.29 is 4.74 Å². The Morgan fingerprint density at radius 3 is 2.38 bits per heavy atom. The van der Waals surface area contributed by atoms with E-state index in [4.69, 9.17) is 10.5 Å². The molecule has 2 heteroatoms. The third kappa shape index (κ3) is 5.80. The summed E-state index contributed by atoms with van der Waals surface area (Å²) in [5.41, 5.74) is 8.82. The van der Waals surface area contributed by atoms with Gasteiger partial charge in [0.15, 0.2) is 0 Å². The van der Waals surface area contributed by atoms with Crippen LogP contribution in [0, 0.1) is 11.8 Å². The third-order valence-electron chi connectivity index (χ3n) is 4.43. The Hall–Kier alpha value is -0.860. The fourth-order valence-corrected chi connectivity index (χ4v) is 3.18. The molecule has 1 unspecified atom stereocenters. The first-order valence-corrected chi connectivity index (χ1v) is 8.57. The molecule has 1 aliphatic carbocycles. The SMILES string of the molecule is CC(C)Cc1ccc(C(N)COCC2CCCCC2)cc1. The highest BCUT2D eigenvalue weighted by Crippen LogP contribution is 2.24. The molecule has 1 atom stereocenters. The first-order chi connectivity index (χ1) is 10.1. The number of rotatable bonds is 7. The summed E-state index contributed by atoms with van der Waals surface area (Å²) in [6, 6.07) is 8.73. The van der Waals surface area contributed by atoms with Gasteiger partial charge in [0.05, 0.1) is 12.6 Å². The van der Waals surface area contributed by atoms with Crippen molar-refractivity contribution in [3.8, 4) is 0 Å². The second kappa shape index (κ2) is 8.55. The number of hydrogen-bond acceptors (Lipinski definition) is 2. The molecule has 0 radical (unpaired) electrons. The molecule has 2 rings (SSSR count). The highest BCUT2D eigenvalue weighted by Gasteiger charge is 2.14. The fourth-order valence-electron chi connectivity index (χ4n) is 3.18. The highest BCUT2D eigenvalue weighted by molar-refractivity contribution is 5.25. The second-order valence-corrected chi connectivity index (χ2v) is 6.99. The van der Waals surface area contributed by atoms with Crippen LogP contribution in [-0.2, 0) is 11.2 Å². The molecule has 0 amide bonds. The van der Waals surface area contributed by atoms with Gasteiger partial charge in [-0.05, 0) is 42.2 Å². The van der Waals surface area contributed by atoms with Crippen molar-refractivity contribution in [1.29, 1.82) is 0 Å². The highest BCUT2D eigenvalue weighted by atomic mass is 16.5. The van der Waals surface area contributed by atoms with Gasteiger partial charge >= 0.3 is 0 Å². The summed E-state index contributed by atoms with van der Waals surface area (Å²) < 4.78 is 5.86. The van der Waals surface area contributed by atoms with Crippen LogP contribution in [0.5, 0.6) is 0 Å². The Morgan fingerprint density at radius 1 is 1.10 bits per heavy atom. The number of nitrogens with two attached hydrogens (primary N) is 1. The van der Waals surface area contributed by atoms with E-state index in [1.54, 1.807) is 0 Å². The van der Waals surface area contributed by atoms with Crippen LogP contribution >= 0.6 is 0 Å². The van der Waals surface area contributed by atoms with Crippen molar-refractivity contribution in [3.05, 3.63) is 35.4 Å². The van der Waals surface area contributed by atoms with Crippen LogP contribution in [-0.4, -0.2) is 13.2 Å². The molecular formula is C19H31NO. The van der Waals surface area contributed by atoms with Gasteiger partial charge in [0.2, 0.25) is 0 Å². The van der Waals surface area contributed by atoms with E-state index in [0.717, 1.165) is 18.9 Å². The van der Waals surface area contributed by atoms with Crippen LogP contribution < -0.4 is 5.73 Å². The number of ether oxygens (including phenoxy) is 1. The molecule has 21 heavy (non-hydrogen) atoms. The van der Waals surface area contributed by atoms with Crippen LogP contribution in [0.25, 0.3) is 0 Å². The van der Waals surface area contributed by atoms with Crippen molar-refractivity contribution in [2.24, 2.45) is 17.6 Å². The molecule has 0 saturated heterocycles. The minimum atomic E-state index is 0.00157. The van der Waals surface area contributed by atoms with E-state index in [1.165, 1.54) is 43.2 Å². The van der Waals surface area contributed by atoms with E-state index in [0.29, 0.717) is 12.5 Å².